The number of hydrogen-bond donors (Lipinski definition) is 0. The number of unbranched alkanes of at least 4 members (excludes halogenated alkanes) is 8. The molecule has 5 nitrogen and oxygen atoms in total. The minimum atomic E-state index is -0.0478. The minimum Gasteiger partial charge on any atom is -0.306 e. The van der Waals surface area contributed by atoms with Crippen LogP contribution >= 0.6 is 22.7 Å². The molecule has 4 rings (SSSR count). The zero-order chi connectivity index (χ0) is 32.9. The smallest absolute Gasteiger partial charge is 0.261 e. The van der Waals surface area contributed by atoms with Crippen molar-refractivity contribution in [2.45, 2.75) is 130 Å². The van der Waals surface area contributed by atoms with Gasteiger partial charge < -0.3 is 9.80 Å². The molecule has 0 aromatic carbocycles. The summed E-state index contributed by atoms with van der Waals surface area (Å²) >= 11 is 2.99. The SMILES string of the molecule is CCCCCCC(CCCC)CN1C(=O)C2=C(c3ccc(C=O)s3)N(CC(CCCC)CCCCCC)C(=O)C2=C1c1cccs1. The number of rotatable bonds is 23. The maximum atomic E-state index is 14.7. The summed E-state index contributed by atoms with van der Waals surface area (Å²) in [6, 6.07) is 7.82. The van der Waals surface area contributed by atoms with Gasteiger partial charge in [0.2, 0.25) is 0 Å². The molecule has 2 aromatic rings. The Hall–Kier alpha value is -2.51. The number of fused-ring (bicyclic) bond motifs is 1. The van der Waals surface area contributed by atoms with E-state index in [0.717, 1.165) is 85.2 Å². The fraction of sp³-hybridized carbons (Fsp3) is 0.615. The molecule has 0 fully saturated rings. The van der Waals surface area contributed by atoms with E-state index in [1.54, 1.807) is 11.3 Å². The van der Waals surface area contributed by atoms with Gasteiger partial charge in [0.1, 0.15) is 0 Å². The van der Waals surface area contributed by atoms with E-state index in [-0.39, 0.29) is 11.8 Å². The zero-order valence-electron chi connectivity index (χ0n) is 28.8. The molecule has 2 amide bonds. The van der Waals surface area contributed by atoms with Crippen LogP contribution in [0.1, 0.15) is 150 Å². The molecule has 2 aromatic heterocycles. The lowest BCUT2D eigenvalue weighted by molar-refractivity contribution is -0.124. The lowest BCUT2D eigenvalue weighted by atomic mass is 9.94. The molecule has 0 spiro atoms. The first-order valence-corrected chi connectivity index (χ1v) is 19.9. The third-order valence-corrected chi connectivity index (χ3v) is 11.6. The van der Waals surface area contributed by atoms with Crippen molar-refractivity contribution in [2.24, 2.45) is 11.8 Å². The molecule has 4 heterocycles. The molecule has 0 N–H and O–H groups in total. The fourth-order valence-electron chi connectivity index (χ4n) is 7.09. The van der Waals surface area contributed by atoms with Gasteiger partial charge >= 0.3 is 0 Å². The number of carbonyl (C=O) groups excluding carboxylic acids is 3. The number of hydrogen-bond acceptors (Lipinski definition) is 5. The van der Waals surface area contributed by atoms with E-state index < -0.39 is 0 Å². The Morgan fingerprint density at radius 1 is 0.630 bits per heavy atom. The van der Waals surface area contributed by atoms with E-state index in [1.165, 1.54) is 56.3 Å². The summed E-state index contributed by atoms with van der Waals surface area (Å²) in [5.74, 6) is 0.677. The Labute approximate surface area is 286 Å². The van der Waals surface area contributed by atoms with Crippen LogP contribution in [-0.2, 0) is 9.59 Å². The average Bonchev–Trinajstić information content (AvgIpc) is 3.86. The van der Waals surface area contributed by atoms with Crippen LogP contribution in [0.4, 0.5) is 0 Å². The zero-order valence-corrected chi connectivity index (χ0v) is 30.4. The van der Waals surface area contributed by atoms with E-state index in [0.29, 0.717) is 40.9 Å². The highest BCUT2D eigenvalue weighted by Crippen LogP contribution is 2.49. The average molecular weight is 665 g/mol. The molecule has 0 saturated carbocycles. The highest BCUT2D eigenvalue weighted by atomic mass is 32.1. The molecule has 0 bridgehead atoms. The van der Waals surface area contributed by atoms with Gasteiger partial charge in [-0.05, 0) is 61.1 Å². The third kappa shape index (κ3) is 8.89. The quantitative estimate of drug-likeness (QED) is 0.0877. The summed E-state index contributed by atoms with van der Waals surface area (Å²) in [5.41, 5.74) is 2.65. The van der Waals surface area contributed by atoms with Gasteiger partial charge in [0.25, 0.3) is 11.8 Å². The molecule has 0 saturated heterocycles. The van der Waals surface area contributed by atoms with Gasteiger partial charge in [0.15, 0.2) is 6.29 Å². The second kappa shape index (κ2) is 18.7. The summed E-state index contributed by atoms with van der Waals surface area (Å²) in [6.45, 7) is 10.2. The van der Waals surface area contributed by atoms with Gasteiger partial charge in [-0.2, -0.15) is 0 Å². The van der Waals surface area contributed by atoms with Crippen molar-refractivity contribution < 1.29 is 14.4 Å². The van der Waals surface area contributed by atoms with Gasteiger partial charge in [-0.1, -0.05) is 111 Å². The van der Waals surface area contributed by atoms with E-state index in [2.05, 4.69) is 33.8 Å². The normalized spacial score (nSPS) is 16.3. The number of aldehydes is 1. The van der Waals surface area contributed by atoms with Crippen molar-refractivity contribution in [3.05, 3.63) is 55.4 Å². The summed E-state index contributed by atoms with van der Waals surface area (Å²) in [6.07, 6.45) is 19.4. The van der Waals surface area contributed by atoms with Crippen molar-refractivity contribution in [3.63, 3.8) is 0 Å². The van der Waals surface area contributed by atoms with E-state index >= 15 is 0 Å². The number of nitrogens with zero attached hydrogens (tertiary/aromatic N) is 2. The second-order valence-corrected chi connectivity index (χ2v) is 15.4. The maximum Gasteiger partial charge on any atom is 0.261 e. The van der Waals surface area contributed by atoms with Crippen molar-refractivity contribution >= 4 is 52.2 Å². The Morgan fingerprint density at radius 2 is 1.13 bits per heavy atom. The number of carbonyl (C=O) groups is 3. The molecular formula is C39H56N2O3S2. The number of amides is 2. The summed E-state index contributed by atoms with van der Waals surface area (Å²) in [5, 5.41) is 2.04. The summed E-state index contributed by atoms with van der Waals surface area (Å²) in [7, 11) is 0. The molecule has 0 aliphatic carbocycles. The van der Waals surface area contributed by atoms with Gasteiger partial charge in [-0.15, -0.1) is 22.7 Å². The lowest BCUT2D eigenvalue weighted by Gasteiger charge is -2.29. The lowest BCUT2D eigenvalue weighted by Crippen LogP contribution is -2.34. The first-order chi connectivity index (χ1) is 22.5. The van der Waals surface area contributed by atoms with Crippen molar-refractivity contribution in [3.8, 4) is 0 Å². The van der Waals surface area contributed by atoms with Crippen LogP contribution in [0.5, 0.6) is 0 Å². The van der Waals surface area contributed by atoms with E-state index in [1.807, 2.05) is 33.4 Å². The largest absolute Gasteiger partial charge is 0.306 e. The summed E-state index contributed by atoms with van der Waals surface area (Å²) in [4.78, 5) is 47.5. The predicted molar refractivity (Wildman–Crippen MR) is 195 cm³/mol. The van der Waals surface area contributed by atoms with Crippen LogP contribution in [0.3, 0.4) is 0 Å². The Balaban J connectivity index is 1.76. The maximum absolute atomic E-state index is 14.7. The van der Waals surface area contributed by atoms with Crippen LogP contribution in [0.25, 0.3) is 11.4 Å². The Morgan fingerprint density at radius 3 is 1.57 bits per heavy atom. The topological polar surface area (TPSA) is 57.7 Å². The standard InChI is InChI=1S/C39H56N2O3S2/c1-5-9-13-15-20-29(18-11-7-3)26-40-36(32-22-17-25-45-32)34-35(39(40)44)37(33-24-23-31(28-42)46-33)41(38(34)43)27-30(19-12-8-4)21-16-14-10-6-2/h17,22-25,28-30H,5-16,18-21,26-27H2,1-4H3. The minimum absolute atomic E-state index is 0.0478. The van der Waals surface area contributed by atoms with Gasteiger partial charge in [0, 0.05) is 13.1 Å². The first kappa shape index (κ1) is 36.3. The predicted octanol–water partition coefficient (Wildman–Crippen LogP) is 11.0. The molecule has 7 heteroatoms. The molecule has 2 unspecified atom stereocenters. The van der Waals surface area contributed by atoms with Gasteiger partial charge in [-0.25, -0.2) is 0 Å². The molecule has 2 aliphatic heterocycles. The van der Waals surface area contributed by atoms with Crippen LogP contribution in [0.15, 0.2) is 40.8 Å². The molecule has 2 aliphatic rings. The highest BCUT2D eigenvalue weighted by Gasteiger charge is 2.50. The van der Waals surface area contributed by atoms with Crippen molar-refractivity contribution in [2.75, 3.05) is 13.1 Å². The molecule has 252 valence electrons. The van der Waals surface area contributed by atoms with Gasteiger partial charge in [0.05, 0.1) is 37.2 Å². The Kier molecular flexibility index (Phi) is 14.8. The molecular weight excluding hydrogens is 609 g/mol. The van der Waals surface area contributed by atoms with E-state index in [9.17, 15) is 14.4 Å². The second-order valence-electron chi connectivity index (χ2n) is 13.3. The van der Waals surface area contributed by atoms with Crippen LogP contribution in [0.2, 0.25) is 0 Å². The van der Waals surface area contributed by atoms with Gasteiger partial charge in [-0.3, -0.25) is 14.4 Å². The van der Waals surface area contributed by atoms with Crippen LogP contribution in [-0.4, -0.2) is 41.0 Å². The third-order valence-electron chi connectivity index (χ3n) is 9.66. The monoisotopic (exact) mass is 664 g/mol. The highest BCUT2D eigenvalue weighted by molar-refractivity contribution is 7.14. The van der Waals surface area contributed by atoms with Crippen molar-refractivity contribution in [1.82, 2.24) is 9.80 Å². The van der Waals surface area contributed by atoms with E-state index in [4.69, 9.17) is 0 Å². The molecule has 2 atom stereocenters. The molecule has 46 heavy (non-hydrogen) atoms. The number of thiophene rings is 2. The Bertz CT molecular complexity index is 1340. The molecule has 0 radical (unpaired) electrons. The first-order valence-electron chi connectivity index (χ1n) is 18.2. The fourth-order valence-corrected chi connectivity index (χ4v) is 8.76. The van der Waals surface area contributed by atoms with Crippen LogP contribution < -0.4 is 0 Å². The summed E-state index contributed by atoms with van der Waals surface area (Å²) < 4.78 is 0. The van der Waals surface area contributed by atoms with Crippen LogP contribution in [0, 0.1) is 11.8 Å². The van der Waals surface area contributed by atoms with Crippen molar-refractivity contribution in [1.29, 1.82) is 0 Å².